The molecule has 1 saturated heterocycles. The Kier molecular flexibility index (Phi) is 5.52. The van der Waals surface area contributed by atoms with Gasteiger partial charge in [-0.05, 0) is 43.5 Å². The molecule has 4 rings (SSSR count). The highest BCUT2D eigenvalue weighted by atomic mass is 32.1. The van der Waals surface area contributed by atoms with Crippen LogP contribution in [0, 0.1) is 11.7 Å². The van der Waals surface area contributed by atoms with Gasteiger partial charge in [-0.3, -0.25) is 4.79 Å². The molecular formula is C21H23FN4OS. The van der Waals surface area contributed by atoms with Gasteiger partial charge in [-0.2, -0.15) is 0 Å². The summed E-state index contributed by atoms with van der Waals surface area (Å²) in [5, 5.41) is 3.91. The Bertz CT molecular complexity index is 981. The standard InChI is InChI=1S/C21H23FN4OS/c1-2-11-23-19(27)14-9-12-26(13-10-14)21-25-18-8-7-17(24-20(18)28-21)15-5-3-4-6-16(15)22/h3-8,14H,2,9-13H2,1H3,(H,23,27). The smallest absolute Gasteiger partial charge is 0.223 e. The Morgan fingerprint density at radius 3 is 2.75 bits per heavy atom. The molecule has 1 amide bonds. The van der Waals surface area contributed by atoms with E-state index in [2.05, 4.69) is 22.1 Å². The first-order valence-electron chi connectivity index (χ1n) is 9.71. The van der Waals surface area contributed by atoms with E-state index in [1.54, 1.807) is 12.1 Å². The molecular weight excluding hydrogens is 375 g/mol. The number of carbonyl (C=O) groups is 1. The Labute approximate surface area is 167 Å². The highest BCUT2D eigenvalue weighted by molar-refractivity contribution is 7.21. The largest absolute Gasteiger partial charge is 0.356 e. The number of amides is 1. The van der Waals surface area contributed by atoms with Crippen molar-refractivity contribution in [2.45, 2.75) is 26.2 Å². The fourth-order valence-corrected chi connectivity index (χ4v) is 4.48. The second-order valence-electron chi connectivity index (χ2n) is 7.05. The van der Waals surface area contributed by atoms with E-state index < -0.39 is 0 Å². The van der Waals surface area contributed by atoms with Gasteiger partial charge in [0.25, 0.3) is 0 Å². The maximum Gasteiger partial charge on any atom is 0.223 e. The second-order valence-corrected chi connectivity index (χ2v) is 8.01. The molecule has 1 N–H and O–H groups in total. The summed E-state index contributed by atoms with van der Waals surface area (Å²) in [4.78, 5) is 24.5. The lowest BCUT2D eigenvalue weighted by Crippen LogP contribution is -2.40. The number of halogens is 1. The summed E-state index contributed by atoms with van der Waals surface area (Å²) in [5.74, 6) is -0.0209. The zero-order valence-corrected chi connectivity index (χ0v) is 16.6. The number of carbonyl (C=O) groups excluding carboxylic acids is 1. The number of aromatic nitrogens is 2. The molecule has 7 heteroatoms. The normalized spacial score (nSPS) is 15.1. The van der Waals surface area contributed by atoms with Crippen LogP contribution in [0.25, 0.3) is 21.6 Å². The number of anilines is 1. The average molecular weight is 399 g/mol. The number of benzene rings is 1. The predicted molar refractivity (Wildman–Crippen MR) is 111 cm³/mol. The lowest BCUT2D eigenvalue weighted by atomic mass is 9.96. The van der Waals surface area contributed by atoms with Crippen molar-refractivity contribution in [1.82, 2.24) is 15.3 Å². The third-order valence-corrected chi connectivity index (χ3v) is 6.11. The lowest BCUT2D eigenvalue weighted by Gasteiger charge is -2.30. The van der Waals surface area contributed by atoms with Gasteiger partial charge in [-0.25, -0.2) is 14.4 Å². The summed E-state index contributed by atoms with van der Waals surface area (Å²) in [5.41, 5.74) is 1.94. The molecule has 1 aliphatic rings. The van der Waals surface area contributed by atoms with Crippen LogP contribution in [0.5, 0.6) is 0 Å². The molecule has 3 heterocycles. The van der Waals surface area contributed by atoms with Crippen LogP contribution in [0.3, 0.4) is 0 Å². The number of rotatable bonds is 5. The van der Waals surface area contributed by atoms with E-state index in [0.29, 0.717) is 11.3 Å². The van der Waals surface area contributed by atoms with Crippen molar-refractivity contribution in [3.05, 3.63) is 42.2 Å². The molecule has 0 aliphatic carbocycles. The highest BCUT2D eigenvalue weighted by Gasteiger charge is 2.26. The molecule has 2 aromatic heterocycles. The third kappa shape index (κ3) is 3.85. The van der Waals surface area contributed by atoms with Crippen molar-refractivity contribution in [2.75, 3.05) is 24.5 Å². The molecule has 0 saturated carbocycles. The first-order valence-corrected chi connectivity index (χ1v) is 10.5. The number of nitrogens with zero attached hydrogens (tertiary/aromatic N) is 3. The number of piperidine rings is 1. The van der Waals surface area contributed by atoms with Crippen LogP contribution in [0.4, 0.5) is 9.52 Å². The average Bonchev–Trinajstić information content (AvgIpc) is 3.16. The zero-order valence-electron chi connectivity index (χ0n) is 15.8. The van der Waals surface area contributed by atoms with Gasteiger partial charge in [0.2, 0.25) is 5.91 Å². The van der Waals surface area contributed by atoms with Gasteiger partial charge in [0.05, 0.1) is 5.69 Å². The quantitative estimate of drug-likeness (QED) is 0.698. The van der Waals surface area contributed by atoms with Crippen LogP contribution < -0.4 is 10.2 Å². The molecule has 0 spiro atoms. The van der Waals surface area contributed by atoms with Crippen LogP contribution >= 0.6 is 11.3 Å². The van der Waals surface area contributed by atoms with E-state index in [4.69, 9.17) is 4.98 Å². The first-order chi connectivity index (χ1) is 13.7. The van der Waals surface area contributed by atoms with Gasteiger partial charge < -0.3 is 10.2 Å². The minimum absolute atomic E-state index is 0.0861. The van der Waals surface area contributed by atoms with Crippen LogP contribution in [-0.4, -0.2) is 35.5 Å². The molecule has 146 valence electrons. The lowest BCUT2D eigenvalue weighted by molar-refractivity contribution is -0.125. The van der Waals surface area contributed by atoms with E-state index in [9.17, 15) is 9.18 Å². The molecule has 0 radical (unpaired) electrons. The molecule has 1 aromatic carbocycles. The van der Waals surface area contributed by atoms with Crippen LogP contribution in [0.15, 0.2) is 36.4 Å². The molecule has 5 nitrogen and oxygen atoms in total. The number of pyridine rings is 1. The van der Waals surface area contributed by atoms with Crippen LogP contribution in [-0.2, 0) is 4.79 Å². The predicted octanol–water partition coefficient (Wildman–Crippen LogP) is 4.24. The molecule has 28 heavy (non-hydrogen) atoms. The monoisotopic (exact) mass is 398 g/mol. The summed E-state index contributed by atoms with van der Waals surface area (Å²) < 4.78 is 14.1. The number of nitrogens with one attached hydrogen (secondary N) is 1. The van der Waals surface area contributed by atoms with Gasteiger partial charge in [-0.1, -0.05) is 30.4 Å². The third-order valence-electron chi connectivity index (χ3n) is 5.08. The minimum atomic E-state index is -0.275. The SMILES string of the molecule is CCCNC(=O)C1CCN(c2nc3ccc(-c4ccccc4F)nc3s2)CC1. The van der Waals surface area contributed by atoms with Gasteiger partial charge in [-0.15, -0.1) is 0 Å². The van der Waals surface area contributed by atoms with Crippen molar-refractivity contribution in [2.24, 2.45) is 5.92 Å². The van der Waals surface area contributed by atoms with E-state index in [-0.39, 0.29) is 17.6 Å². The Morgan fingerprint density at radius 1 is 1.21 bits per heavy atom. The van der Waals surface area contributed by atoms with E-state index >= 15 is 0 Å². The van der Waals surface area contributed by atoms with Crippen LogP contribution in [0.2, 0.25) is 0 Å². The van der Waals surface area contributed by atoms with Crippen LogP contribution in [0.1, 0.15) is 26.2 Å². The fourth-order valence-electron chi connectivity index (χ4n) is 3.49. The second kappa shape index (κ2) is 8.22. The molecule has 0 unspecified atom stereocenters. The number of hydrogen-bond donors (Lipinski definition) is 1. The molecule has 1 aliphatic heterocycles. The van der Waals surface area contributed by atoms with E-state index in [1.807, 2.05) is 18.2 Å². The van der Waals surface area contributed by atoms with Crippen molar-refractivity contribution in [1.29, 1.82) is 0 Å². The number of hydrogen-bond acceptors (Lipinski definition) is 5. The van der Waals surface area contributed by atoms with Crippen molar-refractivity contribution in [3.8, 4) is 11.3 Å². The topological polar surface area (TPSA) is 58.1 Å². The van der Waals surface area contributed by atoms with Crippen molar-refractivity contribution < 1.29 is 9.18 Å². The van der Waals surface area contributed by atoms with E-state index in [1.165, 1.54) is 17.4 Å². The molecule has 3 aromatic rings. The Hall–Kier alpha value is -2.54. The van der Waals surface area contributed by atoms with Gasteiger partial charge in [0.1, 0.15) is 16.2 Å². The highest BCUT2D eigenvalue weighted by Crippen LogP contribution is 2.32. The summed E-state index contributed by atoms with van der Waals surface area (Å²) in [7, 11) is 0. The Balaban J connectivity index is 1.48. The first kappa shape index (κ1) is 18.8. The summed E-state index contributed by atoms with van der Waals surface area (Å²) in [6.07, 6.45) is 2.62. The molecule has 0 bridgehead atoms. The fraction of sp³-hybridized carbons (Fsp3) is 0.381. The Morgan fingerprint density at radius 2 is 2.00 bits per heavy atom. The number of thiazole rings is 1. The minimum Gasteiger partial charge on any atom is -0.356 e. The molecule has 1 fully saturated rings. The zero-order chi connectivity index (χ0) is 19.5. The summed E-state index contributed by atoms with van der Waals surface area (Å²) in [6.45, 7) is 4.42. The van der Waals surface area contributed by atoms with Crippen molar-refractivity contribution in [3.63, 3.8) is 0 Å². The molecule has 0 atom stereocenters. The summed E-state index contributed by atoms with van der Waals surface area (Å²) in [6, 6.07) is 10.4. The summed E-state index contributed by atoms with van der Waals surface area (Å²) >= 11 is 1.52. The van der Waals surface area contributed by atoms with Gasteiger partial charge in [0.15, 0.2) is 5.13 Å². The maximum absolute atomic E-state index is 14.1. The van der Waals surface area contributed by atoms with E-state index in [0.717, 1.165) is 54.4 Å². The van der Waals surface area contributed by atoms with Gasteiger partial charge in [0, 0.05) is 31.1 Å². The maximum atomic E-state index is 14.1. The van der Waals surface area contributed by atoms with Crippen molar-refractivity contribution >= 4 is 32.7 Å². The number of fused-ring (bicyclic) bond motifs is 1. The van der Waals surface area contributed by atoms with Gasteiger partial charge >= 0.3 is 0 Å².